The number of fused-ring (bicyclic) bond motifs is 1. The van der Waals surface area contributed by atoms with Gasteiger partial charge in [-0.2, -0.15) is 9.40 Å². The third kappa shape index (κ3) is 6.62. The van der Waals surface area contributed by atoms with Crippen LogP contribution in [0.5, 0.6) is 0 Å². The van der Waals surface area contributed by atoms with E-state index in [4.69, 9.17) is 0 Å². The van der Waals surface area contributed by atoms with Crippen molar-refractivity contribution in [2.24, 2.45) is 7.05 Å². The number of alkyl halides is 2. The number of likely N-dealkylation sites (tertiary alicyclic amines) is 1. The van der Waals surface area contributed by atoms with E-state index < -0.39 is 51.8 Å². The third-order valence-corrected chi connectivity index (χ3v) is 11.7. The summed E-state index contributed by atoms with van der Waals surface area (Å²) in [7, 11) is -1.92. The summed E-state index contributed by atoms with van der Waals surface area (Å²) >= 11 is 0. The van der Waals surface area contributed by atoms with Crippen LogP contribution in [-0.2, 0) is 32.4 Å². The van der Waals surface area contributed by atoms with Crippen molar-refractivity contribution in [1.82, 2.24) is 24.3 Å². The van der Waals surface area contributed by atoms with Gasteiger partial charge < -0.3 is 10.2 Å². The van der Waals surface area contributed by atoms with Crippen molar-refractivity contribution in [3.8, 4) is 0 Å². The Kier molecular flexibility index (Phi) is 8.62. The van der Waals surface area contributed by atoms with E-state index in [1.165, 1.54) is 0 Å². The maximum Gasteiger partial charge on any atom is 0.322 e. The molecule has 47 heavy (non-hydrogen) atoms. The number of halogens is 2. The molecule has 6 rings (SSSR count). The van der Waals surface area contributed by atoms with E-state index in [0.717, 1.165) is 24.2 Å². The lowest BCUT2D eigenvalue weighted by molar-refractivity contribution is -0.134. The quantitative estimate of drug-likeness (QED) is 0.361. The fraction of sp³-hybridized carbons (Fsp3) is 0.515. The minimum atomic E-state index is -3.61. The Morgan fingerprint density at radius 2 is 1.87 bits per heavy atom. The molecule has 2 aromatic carbocycles. The monoisotopic (exact) mass is 670 g/mol. The zero-order chi connectivity index (χ0) is 33.7. The number of nitrogens with zero attached hydrogens (tertiary/aromatic N) is 4. The summed E-state index contributed by atoms with van der Waals surface area (Å²) in [4.78, 5) is 38.3. The van der Waals surface area contributed by atoms with Gasteiger partial charge in [-0.3, -0.25) is 19.6 Å². The predicted molar refractivity (Wildman–Crippen MR) is 172 cm³/mol. The van der Waals surface area contributed by atoms with Gasteiger partial charge in [0.1, 0.15) is 0 Å². The van der Waals surface area contributed by atoms with E-state index in [0.29, 0.717) is 46.4 Å². The molecular formula is C33H40F2N6O5S. The lowest BCUT2D eigenvalue weighted by Gasteiger charge is -2.41. The molecule has 0 aliphatic carbocycles. The second-order valence-electron chi connectivity index (χ2n) is 13.5. The van der Waals surface area contributed by atoms with E-state index in [-0.39, 0.29) is 31.0 Å². The Hall–Kier alpha value is -3.91. The summed E-state index contributed by atoms with van der Waals surface area (Å²) < 4.78 is 61.0. The molecule has 252 valence electrons. The van der Waals surface area contributed by atoms with Crippen LogP contribution in [0.2, 0.25) is 0 Å². The molecule has 0 bridgehead atoms. The first-order valence-corrected chi connectivity index (χ1v) is 17.6. The number of aryl methyl sites for hydroxylation is 1. The smallest absolute Gasteiger partial charge is 0.318 e. The molecule has 14 heteroatoms. The molecule has 1 aromatic heterocycles. The normalized spacial score (nSPS) is 23.5. The molecule has 4 amide bonds. The van der Waals surface area contributed by atoms with Gasteiger partial charge in [0.2, 0.25) is 21.8 Å². The summed E-state index contributed by atoms with van der Waals surface area (Å²) in [5.41, 5.74) is 1.88. The van der Waals surface area contributed by atoms with Gasteiger partial charge in [0.05, 0.1) is 35.3 Å². The Morgan fingerprint density at radius 3 is 2.60 bits per heavy atom. The van der Waals surface area contributed by atoms with E-state index in [2.05, 4.69) is 15.7 Å². The number of nitrogens with one attached hydrogen (secondary N) is 2. The maximum absolute atomic E-state index is 15.7. The molecular weight excluding hydrogens is 630 g/mol. The van der Waals surface area contributed by atoms with Crippen molar-refractivity contribution in [1.29, 1.82) is 0 Å². The van der Waals surface area contributed by atoms with E-state index >= 15 is 8.78 Å². The number of imide groups is 1. The highest BCUT2D eigenvalue weighted by Crippen LogP contribution is 2.42. The number of anilines is 1. The van der Waals surface area contributed by atoms with E-state index in [1.54, 1.807) is 58.5 Å². The van der Waals surface area contributed by atoms with E-state index in [1.807, 2.05) is 13.8 Å². The molecule has 2 atom stereocenters. The topological polar surface area (TPSA) is 134 Å². The number of carbonyl (C=O) groups excluding carboxylic acids is 3. The number of benzene rings is 2. The van der Waals surface area contributed by atoms with Crippen molar-refractivity contribution >= 4 is 44.5 Å². The summed E-state index contributed by atoms with van der Waals surface area (Å²) in [6, 6.07) is 10.8. The zero-order valence-electron chi connectivity index (χ0n) is 26.8. The van der Waals surface area contributed by atoms with Crippen molar-refractivity contribution in [2.75, 3.05) is 25.0 Å². The molecule has 3 fully saturated rings. The molecule has 0 saturated carbocycles. The van der Waals surface area contributed by atoms with Crippen LogP contribution in [0, 0.1) is 0 Å². The second-order valence-corrected chi connectivity index (χ2v) is 15.4. The number of rotatable bonds is 6. The molecule has 3 aliphatic heterocycles. The Labute approximate surface area is 272 Å². The Morgan fingerprint density at radius 1 is 1.09 bits per heavy atom. The molecule has 3 aromatic rings. The van der Waals surface area contributed by atoms with E-state index in [9.17, 15) is 22.8 Å². The number of sulfonamides is 1. The molecule has 2 N–H and O–H groups in total. The van der Waals surface area contributed by atoms with Gasteiger partial charge in [0.25, 0.3) is 5.92 Å². The standard InChI is InChI=1S/C33H40F2N6O5S/c1-32(2)14-4-5-15-41(32)47(45,46)19-21-7-6-8-23(17-21)36-31(44)40-16-13-26(33(34,35)20-40)22-9-10-24-27(18-22)39(3)38-29(24)25-11-12-28(42)37-30(25)43/h6-10,17-18,25-26H,4-5,11-16,19-20H2,1-3H3,(H,36,44)(H,37,42,43)/t25?,26-/m0/s1. The number of aromatic nitrogens is 2. The van der Waals surface area contributed by atoms with Crippen molar-refractivity contribution in [3.63, 3.8) is 0 Å². The molecule has 3 aliphatic rings. The Balaban J connectivity index is 1.12. The summed E-state index contributed by atoms with van der Waals surface area (Å²) in [5, 5.41) is 10.2. The number of urea groups is 1. The first-order chi connectivity index (χ1) is 22.1. The van der Waals surface area contributed by atoms with Gasteiger partial charge in [0, 0.05) is 43.2 Å². The van der Waals surface area contributed by atoms with Crippen molar-refractivity contribution in [2.45, 2.75) is 81.4 Å². The average Bonchev–Trinajstić information content (AvgIpc) is 3.31. The number of piperidine rings is 3. The predicted octanol–water partition coefficient (Wildman–Crippen LogP) is 4.84. The van der Waals surface area contributed by atoms with Crippen LogP contribution in [0.15, 0.2) is 42.5 Å². The number of hydrogen-bond donors (Lipinski definition) is 2. The molecule has 3 saturated heterocycles. The minimum absolute atomic E-state index is 0.0215. The highest BCUT2D eigenvalue weighted by Gasteiger charge is 2.47. The van der Waals surface area contributed by atoms with Crippen LogP contribution in [-0.4, -0.2) is 76.3 Å². The SMILES string of the molecule is Cn1nc(C2CCC(=O)NC2=O)c2ccc([C@@H]3CCN(C(=O)Nc4cccc(CS(=O)(=O)N5CCCCC5(C)C)c4)CC3(F)F)cc21. The van der Waals surface area contributed by atoms with Gasteiger partial charge in [-0.1, -0.05) is 30.7 Å². The molecule has 0 spiro atoms. The largest absolute Gasteiger partial charge is 0.322 e. The highest BCUT2D eigenvalue weighted by atomic mass is 32.2. The van der Waals surface area contributed by atoms with Crippen LogP contribution in [0.3, 0.4) is 0 Å². The third-order valence-electron chi connectivity index (χ3n) is 9.70. The van der Waals surface area contributed by atoms with Crippen LogP contribution < -0.4 is 10.6 Å². The van der Waals surface area contributed by atoms with Gasteiger partial charge in [-0.15, -0.1) is 0 Å². The lowest BCUT2D eigenvalue weighted by atomic mass is 9.85. The van der Waals surface area contributed by atoms with Crippen LogP contribution >= 0.6 is 0 Å². The minimum Gasteiger partial charge on any atom is -0.318 e. The van der Waals surface area contributed by atoms with Gasteiger partial charge in [-0.25, -0.2) is 22.0 Å². The number of hydrogen-bond acceptors (Lipinski definition) is 6. The number of amides is 4. The van der Waals surface area contributed by atoms with Gasteiger partial charge >= 0.3 is 6.03 Å². The van der Waals surface area contributed by atoms with Crippen LogP contribution in [0.1, 0.15) is 81.0 Å². The summed E-state index contributed by atoms with van der Waals surface area (Å²) in [5.74, 6) is -5.94. The fourth-order valence-corrected chi connectivity index (χ4v) is 9.25. The van der Waals surface area contributed by atoms with Gasteiger partial charge in [-0.05, 0) is 68.9 Å². The van der Waals surface area contributed by atoms with Crippen LogP contribution in [0.25, 0.3) is 10.9 Å². The molecule has 11 nitrogen and oxygen atoms in total. The molecule has 1 unspecified atom stereocenters. The first kappa shape index (κ1) is 33.0. The van der Waals surface area contributed by atoms with Crippen molar-refractivity contribution in [3.05, 3.63) is 59.3 Å². The first-order valence-electron chi connectivity index (χ1n) is 16.0. The Bertz CT molecular complexity index is 1840. The van der Waals surface area contributed by atoms with Gasteiger partial charge in [0.15, 0.2) is 0 Å². The summed E-state index contributed by atoms with van der Waals surface area (Å²) in [6.45, 7) is 3.63. The zero-order valence-corrected chi connectivity index (χ0v) is 27.6. The summed E-state index contributed by atoms with van der Waals surface area (Å²) in [6.07, 6.45) is 3.13. The lowest BCUT2D eigenvalue weighted by Crippen LogP contribution is -2.51. The van der Waals surface area contributed by atoms with Crippen molar-refractivity contribution < 1.29 is 31.6 Å². The second kappa shape index (κ2) is 12.3. The molecule has 4 heterocycles. The fourth-order valence-electron chi connectivity index (χ4n) is 7.24. The average molecular weight is 671 g/mol. The molecule has 0 radical (unpaired) electrons. The maximum atomic E-state index is 15.7. The van der Waals surface area contributed by atoms with Crippen LogP contribution in [0.4, 0.5) is 19.3 Å². The highest BCUT2D eigenvalue weighted by molar-refractivity contribution is 7.88. The number of carbonyl (C=O) groups is 3.